The van der Waals surface area contributed by atoms with Crippen LogP contribution >= 0.6 is 22.7 Å². The van der Waals surface area contributed by atoms with Crippen LogP contribution in [0.4, 0.5) is 10.3 Å². The summed E-state index contributed by atoms with van der Waals surface area (Å²) in [5, 5.41) is 25.5. The Morgan fingerprint density at radius 3 is 2.03 bits per heavy atom. The van der Waals surface area contributed by atoms with Gasteiger partial charge < -0.3 is 15.4 Å². The van der Waals surface area contributed by atoms with Crippen molar-refractivity contribution in [2.45, 2.75) is 38.5 Å². The van der Waals surface area contributed by atoms with Gasteiger partial charge in [0, 0.05) is 51.1 Å². The van der Waals surface area contributed by atoms with Gasteiger partial charge in [0.05, 0.1) is 6.42 Å². The van der Waals surface area contributed by atoms with E-state index in [1.54, 1.807) is 36.1 Å². The van der Waals surface area contributed by atoms with Crippen molar-refractivity contribution in [3.63, 3.8) is 0 Å². The zero-order chi connectivity index (χ0) is 24.7. The van der Waals surface area contributed by atoms with Crippen LogP contribution in [0.3, 0.4) is 0 Å². The Hall–Kier alpha value is -3.64. The highest BCUT2D eigenvalue weighted by Crippen LogP contribution is 2.20. The molecule has 0 aliphatic carbocycles. The lowest BCUT2D eigenvalue weighted by molar-refractivity contribution is -0.115. The largest absolute Gasteiger partial charge is 0.363 e. The normalized spacial score (nSPS) is 10.2. The Kier molecular flexibility index (Phi) is 10.8. The molecule has 0 spiro atoms. The average molecular weight is 511 g/mol. The second-order valence-corrected chi connectivity index (χ2v) is 9.40. The second kappa shape index (κ2) is 14.6. The van der Waals surface area contributed by atoms with Gasteiger partial charge in [-0.1, -0.05) is 34.8 Å². The minimum Gasteiger partial charge on any atom is -0.363 e. The van der Waals surface area contributed by atoms with Gasteiger partial charge in [0.1, 0.15) is 16.3 Å². The molecule has 1 amide bonds. The van der Waals surface area contributed by atoms with E-state index in [2.05, 4.69) is 41.0 Å². The summed E-state index contributed by atoms with van der Waals surface area (Å²) in [7, 11) is 1.84. The predicted molar refractivity (Wildman–Crippen MR) is 137 cm³/mol. The monoisotopic (exact) mass is 510 g/mol. The quantitative estimate of drug-likeness (QED) is 0.230. The third-order valence-corrected chi connectivity index (χ3v) is 6.45. The maximum atomic E-state index is 12.0. The van der Waals surface area contributed by atoms with Crippen LogP contribution in [0.25, 0.3) is 0 Å². The van der Waals surface area contributed by atoms with E-state index in [-0.39, 0.29) is 12.3 Å². The number of carbonyl (C=O) groups excluding carboxylic acids is 2. The van der Waals surface area contributed by atoms with Crippen molar-refractivity contribution in [1.82, 2.24) is 30.4 Å². The van der Waals surface area contributed by atoms with Crippen LogP contribution < -0.4 is 10.6 Å². The minimum absolute atomic E-state index is 0.114. The summed E-state index contributed by atoms with van der Waals surface area (Å²) in [5.41, 5.74) is 1.83. The molecule has 0 fully saturated rings. The summed E-state index contributed by atoms with van der Waals surface area (Å²) in [5.74, 6) is -0.114. The molecule has 182 valence electrons. The topological polar surface area (TPSA) is 136 Å². The lowest BCUT2D eigenvalue weighted by Gasteiger charge is -2.00. The molecule has 0 saturated carbocycles. The summed E-state index contributed by atoms with van der Waals surface area (Å²) >= 11 is 3.00. The average Bonchev–Trinajstić information content (AvgIpc) is 3.53. The Bertz CT molecular complexity index is 1170. The Morgan fingerprint density at radius 1 is 0.886 bits per heavy atom. The van der Waals surface area contributed by atoms with Crippen molar-refractivity contribution >= 4 is 45.1 Å². The standard InChI is InChI=1S/C16H19N7OS2.C7H7NO/c1-17-15-22-20-13(25-15)6-2-3-7-14-21-23-16(26-14)19-12(24)9-11-5-4-8-18-10-11;9-5-3-7-2-1-4-8-6-7/h4-5,8,10H,2-3,6-7,9H2,1H3,(H,17,22)(H,19,23,24);1-2,4-6H,3H2. The molecule has 0 aromatic carbocycles. The van der Waals surface area contributed by atoms with E-state index in [9.17, 15) is 9.59 Å². The van der Waals surface area contributed by atoms with Crippen molar-refractivity contribution in [2.24, 2.45) is 0 Å². The first-order chi connectivity index (χ1) is 17.2. The SMILES string of the molecule is CNc1nnc(CCCCc2nnc(NC(=O)Cc3cccnc3)s2)s1.O=CCc1cccnc1. The molecule has 10 nitrogen and oxygen atoms in total. The molecule has 0 saturated heterocycles. The van der Waals surface area contributed by atoms with Gasteiger partial charge in [-0.15, -0.1) is 20.4 Å². The summed E-state index contributed by atoms with van der Waals surface area (Å²) in [6.45, 7) is 0. The number of nitrogens with one attached hydrogen (secondary N) is 2. The molecule has 0 bridgehead atoms. The molecule has 0 aliphatic rings. The Balaban J connectivity index is 0.000000320. The van der Waals surface area contributed by atoms with E-state index >= 15 is 0 Å². The smallest absolute Gasteiger partial charge is 0.230 e. The van der Waals surface area contributed by atoms with Gasteiger partial charge in [-0.05, 0) is 36.1 Å². The van der Waals surface area contributed by atoms with Crippen LogP contribution in [0.1, 0.15) is 34.0 Å². The highest BCUT2D eigenvalue weighted by atomic mass is 32.1. The number of carbonyl (C=O) groups is 2. The van der Waals surface area contributed by atoms with Crippen molar-refractivity contribution in [2.75, 3.05) is 17.7 Å². The van der Waals surface area contributed by atoms with Gasteiger partial charge in [-0.25, -0.2) is 0 Å². The first-order valence-electron chi connectivity index (χ1n) is 11.0. The van der Waals surface area contributed by atoms with Gasteiger partial charge in [-0.3, -0.25) is 14.8 Å². The van der Waals surface area contributed by atoms with E-state index in [0.717, 1.165) is 58.2 Å². The number of aryl methyl sites for hydroxylation is 2. The summed E-state index contributed by atoms with van der Waals surface area (Å²) < 4.78 is 0. The molecule has 0 atom stereocenters. The lowest BCUT2D eigenvalue weighted by atomic mass is 10.2. The van der Waals surface area contributed by atoms with E-state index in [4.69, 9.17) is 0 Å². The number of hydrogen-bond acceptors (Lipinski definition) is 11. The first-order valence-corrected chi connectivity index (χ1v) is 12.6. The predicted octanol–water partition coefficient (Wildman–Crippen LogP) is 3.40. The summed E-state index contributed by atoms with van der Waals surface area (Å²) in [4.78, 5) is 29.8. The van der Waals surface area contributed by atoms with E-state index in [1.165, 1.54) is 11.3 Å². The van der Waals surface area contributed by atoms with Gasteiger partial charge in [-0.2, -0.15) is 0 Å². The molecule has 4 heterocycles. The number of hydrogen-bond donors (Lipinski definition) is 2. The zero-order valence-electron chi connectivity index (χ0n) is 19.3. The van der Waals surface area contributed by atoms with Crippen molar-refractivity contribution in [1.29, 1.82) is 0 Å². The van der Waals surface area contributed by atoms with Crippen LogP contribution in [-0.2, 0) is 35.3 Å². The third-order valence-electron chi connectivity index (χ3n) is 4.55. The van der Waals surface area contributed by atoms with Crippen molar-refractivity contribution in [3.05, 3.63) is 70.2 Å². The molecular weight excluding hydrogens is 484 g/mol. The molecule has 0 unspecified atom stereocenters. The first kappa shape index (κ1) is 26.0. The molecular formula is C23H26N8O2S2. The minimum atomic E-state index is -0.114. The highest BCUT2D eigenvalue weighted by Gasteiger charge is 2.09. The molecule has 0 radical (unpaired) electrons. The fourth-order valence-corrected chi connectivity index (χ4v) is 4.41. The fourth-order valence-electron chi connectivity index (χ4n) is 2.88. The van der Waals surface area contributed by atoms with E-state index < -0.39 is 0 Å². The van der Waals surface area contributed by atoms with E-state index in [1.807, 2.05) is 31.3 Å². The number of anilines is 2. The highest BCUT2D eigenvalue weighted by molar-refractivity contribution is 7.15. The number of pyridine rings is 2. The maximum absolute atomic E-state index is 12.0. The van der Waals surface area contributed by atoms with Gasteiger partial charge in [0.2, 0.25) is 16.2 Å². The lowest BCUT2D eigenvalue weighted by Crippen LogP contribution is -2.14. The molecule has 4 aromatic rings. The number of aldehydes is 1. The molecule has 0 aliphatic heterocycles. The van der Waals surface area contributed by atoms with Crippen LogP contribution in [0.15, 0.2) is 49.1 Å². The zero-order valence-corrected chi connectivity index (χ0v) is 20.9. The van der Waals surface area contributed by atoms with Crippen molar-refractivity contribution in [3.8, 4) is 0 Å². The van der Waals surface area contributed by atoms with Crippen LogP contribution in [0.5, 0.6) is 0 Å². The molecule has 35 heavy (non-hydrogen) atoms. The molecule has 4 rings (SSSR count). The van der Waals surface area contributed by atoms with E-state index in [0.29, 0.717) is 11.6 Å². The molecule has 4 aromatic heterocycles. The molecule has 12 heteroatoms. The van der Waals surface area contributed by atoms with Gasteiger partial charge in [0.15, 0.2) is 0 Å². The maximum Gasteiger partial charge on any atom is 0.230 e. The number of rotatable bonds is 11. The number of amides is 1. The van der Waals surface area contributed by atoms with Crippen molar-refractivity contribution < 1.29 is 9.59 Å². The Morgan fingerprint density at radius 2 is 1.49 bits per heavy atom. The van der Waals surface area contributed by atoms with Gasteiger partial charge in [0.25, 0.3) is 0 Å². The Labute approximate surface area is 211 Å². The number of aromatic nitrogens is 6. The van der Waals surface area contributed by atoms with Crippen LogP contribution in [-0.4, -0.2) is 49.6 Å². The number of nitrogens with zero attached hydrogens (tertiary/aromatic N) is 6. The summed E-state index contributed by atoms with van der Waals surface area (Å²) in [6, 6.07) is 7.38. The summed E-state index contributed by atoms with van der Waals surface area (Å²) in [6.07, 6.45) is 12.1. The number of unbranched alkanes of at least 4 members (excludes halogenated alkanes) is 1. The molecule has 2 N–H and O–H groups in total. The third kappa shape index (κ3) is 9.63. The van der Waals surface area contributed by atoms with Gasteiger partial charge >= 0.3 is 0 Å². The second-order valence-electron chi connectivity index (χ2n) is 7.28. The van der Waals surface area contributed by atoms with Crippen LogP contribution in [0.2, 0.25) is 0 Å². The fraction of sp³-hybridized carbons (Fsp3) is 0.304. The van der Waals surface area contributed by atoms with Crippen LogP contribution in [0, 0.1) is 0 Å².